The molecule has 0 saturated carbocycles. The summed E-state index contributed by atoms with van der Waals surface area (Å²) in [6.45, 7) is 2.07. The second-order valence-electron chi connectivity index (χ2n) is 3.99. The molecule has 0 amide bonds. The molecule has 3 heteroatoms. The van der Waals surface area contributed by atoms with E-state index in [2.05, 4.69) is 22.3 Å². The Morgan fingerprint density at radius 2 is 2.12 bits per heavy atom. The second-order valence-corrected chi connectivity index (χ2v) is 3.99. The summed E-state index contributed by atoms with van der Waals surface area (Å²) in [5, 5.41) is 1.17. The molecule has 0 atom stereocenters. The molecule has 0 spiro atoms. The van der Waals surface area contributed by atoms with Crippen molar-refractivity contribution in [2.45, 2.75) is 13.3 Å². The van der Waals surface area contributed by atoms with E-state index in [1.807, 2.05) is 25.2 Å². The van der Waals surface area contributed by atoms with Crippen molar-refractivity contribution in [3.8, 4) is 0 Å². The third-order valence-corrected chi connectivity index (χ3v) is 2.92. The van der Waals surface area contributed by atoms with Crippen LogP contribution in [0, 0.1) is 6.92 Å². The fourth-order valence-electron chi connectivity index (χ4n) is 1.89. The van der Waals surface area contributed by atoms with E-state index < -0.39 is 0 Å². The maximum atomic E-state index is 11.2. The van der Waals surface area contributed by atoms with Crippen LogP contribution >= 0.6 is 0 Å². The number of aromatic nitrogens is 1. The van der Waals surface area contributed by atoms with E-state index in [9.17, 15) is 4.79 Å². The summed E-state index contributed by atoms with van der Waals surface area (Å²) in [6, 6.07) is 8.18. The minimum atomic E-state index is -0.202. The molecule has 1 heterocycles. The summed E-state index contributed by atoms with van der Waals surface area (Å²) in [6.07, 6.45) is 0.334. The zero-order valence-electron chi connectivity index (χ0n) is 9.78. The van der Waals surface area contributed by atoms with Crippen LogP contribution in [-0.2, 0) is 23.0 Å². The van der Waals surface area contributed by atoms with Gasteiger partial charge in [-0.05, 0) is 30.7 Å². The molecule has 0 aliphatic carbocycles. The van der Waals surface area contributed by atoms with E-state index in [0.29, 0.717) is 6.42 Å². The summed E-state index contributed by atoms with van der Waals surface area (Å²) in [5.41, 5.74) is 3.39. The minimum Gasteiger partial charge on any atom is -0.469 e. The number of nitrogens with zero attached hydrogens (tertiary/aromatic N) is 1. The van der Waals surface area contributed by atoms with Crippen LogP contribution < -0.4 is 0 Å². The number of esters is 1. The van der Waals surface area contributed by atoms with Gasteiger partial charge in [0.1, 0.15) is 0 Å². The van der Waals surface area contributed by atoms with Crippen LogP contribution in [0.15, 0.2) is 24.3 Å². The second kappa shape index (κ2) is 4.00. The Balaban J connectivity index is 2.41. The number of fused-ring (bicyclic) bond motifs is 1. The quantitative estimate of drug-likeness (QED) is 0.722. The van der Waals surface area contributed by atoms with Crippen LogP contribution in [0.5, 0.6) is 0 Å². The lowest BCUT2D eigenvalue weighted by Gasteiger charge is -2.02. The van der Waals surface area contributed by atoms with Crippen molar-refractivity contribution >= 4 is 16.9 Å². The molecule has 2 aromatic rings. The number of hydrogen-bond donors (Lipinski definition) is 0. The highest BCUT2D eigenvalue weighted by atomic mass is 16.5. The lowest BCUT2D eigenvalue weighted by atomic mass is 10.1. The Hall–Kier alpha value is -1.77. The van der Waals surface area contributed by atoms with Gasteiger partial charge in [-0.1, -0.05) is 6.07 Å². The summed E-state index contributed by atoms with van der Waals surface area (Å²) in [5.74, 6) is -0.202. The van der Waals surface area contributed by atoms with Gasteiger partial charge < -0.3 is 9.30 Å². The van der Waals surface area contributed by atoms with Crippen LogP contribution in [0.4, 0.5) is 0 Å². The van der Waals surface area contributed by atoms with Gasteiger partial charge in [0.15, 0.2) is 0 Å². The van der Waals surface area contributed by atoms with E-state index in [1.54, 1.807) is 0 Å². The Morgan fingerprint density at radius 3 is 2.81 bits per heavy atom. The highest BCUT2D eigenvalue weighted by Gasteiger charge is 2.06. The first-order valence-electron chi connectivity index (χ1n) is 5.23. The minimum absolute atomic E-state index is 0.202. The molecule has 1 aromatic carbocycles. The third kappa shape index (κ3) is 1.81. The van der Waals surface area contributed by atoms with Crippen molar-refractivity contribution in [3.63, 3.8) is 0 Å². The smallest absolute Gasteiger partial charge is 0.309 e. The third-order valence-electron chi connectivity index (χ3n) is 2.92. The molecule has 0 N–H and O–H groups in total. The predicted molar refractivity (Wildman–Crippen MR) is 63.4 cm³/mol. The molecule has 0 saturated heterocycles. The number of aryl methyl sites for hydroxylation is 2. The van der Waals surface area contributed by atoms with E-state index in [4.69, 9.17) is 0 Å². The topological polar surface area (TPSA) is 31.2 Å². The van der Waals surface area contributed by atoms with E-state index >= 15 is 0 Å². The summed E-state index contributed by atoms with van der Waals surface area (Å²) in [7, 11) is 3.45. The standard InChI is InChI=1S/C13H15NO2/c1-9-6-11-7-10(8-13(15)16-3)4-5-12(11)14(9)2/h4-7H,8H2,1-3H3. The van der Waals surface area contributed by atoms with Gasteiger partial charge in [-0.2, -0.15) is 0 Å². The molecule has 0 aliphatic heterocycles. The van der Waals surface area contributed by atoms with Crippen LogP contribution in [0.25, 0.3) is 10.9 Å². The molecular weight excluding hydrogens is 202 g/mol. The fraction of sp³-hybridized carbons (Fsp3) is 0.308. The molecule has 0 unspecified atom stereocenters. The van der Waals surface area contributed by atoms with Crippen molar-refractivity contribution in [3.05, 3.63) is 35.5 Å². The lowest BCUT2D eigenvalue weighted by molar-refractivity contribution is -0.139. The lowest BCUT2D eigenvalue weighted by Crippen LogP contribution is -2.04. The van der Waals surface area contributed by atoms with E-state index in [1.165, 1.54) is 23.7 Å². The number of rotatable bonds is 2. The summed E-state index contributed by atoms with van der Waals surface area (Å²) < 4.78 is 6.79. The average molecular weight is 217 g/mol. The van der Waals surface area contributed by atoms with E-state index in [0.717, 1.165) is 5.56 Å². The molecule has 0 bridgehead atoms. The van der Waals surface area contributed by atoms with Gasteiger partial charge in [0.25, 0.3) is 0 Å². The van der Waals surface area contributed by atoms with Crippen molar-refractivity contribution in [1.29, 1.82) is 0 Å². The zero-order chi connectivity index (χ0) is 11.7. The molecule has 2 rings (SSSR count). The molecular formula is C13H15NO2. The number of benzene rings is 1. The highest BCUT2D eigenvalue weighted by Crippen LogP contribution is 2.20. The molecule has 0 fully saturated rings. The number of hydrogen-bond acceptors (Lipinski definition) is 2. The van der Waals surface area contributed by atoms with Crippen LogP contribution in [0.3, 0.4) is 0 Å². The van der Waals surface area contributed by atoms with E-state index in [-0.39, 0.29) is 5.97 Å². The Bertz CT molecular complexity index is 540. The molecule has 3 nitrogen and oxygen atoms in total. The van der Waals surface area contributed by atoms with Gasteiger partial charge in [-0.25, -0.2) is 0 Å². The first-order valence-corrected chi connectivity index (χ1v) is 5.23. The van der Waals surface area contributed by atoms with Crippen molar-refractivity contribution in [2.24, 2.45) is 7.05 Å². The Labute approximate surface area is 94.6 Å². The van der Waals surface area contributed by atoms with Crippen LogP contribution in [-0.4, -0.2) is 17.6 Å². The molecule has 84 valence electrons. The van der Waals surface area contributed by atoms with Gasteiger partial charge >= 0.3 is 5.97 Å². The maximum Gasteiger partial charge on any atom is 0.309 e. The molecule has 1 aromatic heterocycles. The SMILES string of the molecule is COC(=O)Cc1ccc2c(c1)cc(C)n2C. The van der Waals surface area contributed by atoms with Gasteiger partial charge in [0.05, 0.1) is 13.5 Å². The Morgan fingerprint density at radius 1 is 1.38 bits per heavy atom. The number of ether oxygens (including phenoxy) is 1. The first kappa shape index (κ1) is 10.7. The molecule has 0 aliphatic rings. The number of methoxy groups -OCH3 is 1. The monoisotopic (exact) mass is 217 g/mol. The van der Waals surface area contributed by atoms with Gasteiger partial charge in [-0.15, -0.1) is 0 Å². The largest absolute Gasteiger partial charge is 0.469 e. The van der Waals surface area contributed by atoms with Crippen LogP contribution in [0.1, 0.15) is 11.3 Å². The molecule has 0 radical (unpaired) electrons. The highest BCUT2D eigenvalue weighted by molar-refractivity contribution is 5.83. The fourth-order valence-corrected chi connectivity index (χ4v) is 1.89. The van der Waals surface area contributed by atoms with Crippen LogP contribution in [0.2, 0.25) is 0 Å². The first-order chi connectivity index (χ1) is 7.61. The normalized spacial score (nSPS) is 10.7. The van der Waals surface area contributed by atoms with Crippen molar-refractivity contribution in [2.75, 3.05) is 7.11 Å². The summed E-state index contributed by atoms with van der Waals surface area (Å²) >= 11 is 0. The number of carbonyl (C=O) groups excluding carboxylic acids is 1. The van der Waals surface area contributed by atoms with Crippen molar-refractivity contribution < 1.29 is 9.53 Å². The molecule has 16 heavy (non-hydrogen) atoms. The average Bonchev–Trinajstić information content (AvgIpc) is 2.54. The van der Waals surface area contributed by atoms with Gasteiger partial charge in [0.2, 0.25) is 0 Å². The summed E-state index contributed by atoms with van der Waals surface area (Å²) in [4.78, 5) is 11.2. The van der Waals surface area contributed by atoms with Gasteiger partial charge in [-0.3, -0.25) is 4.79 Å². The maximum absolute atomic E-state index is 11.2. The zero-order valence-corrected chi connectivity index (χ0v) is 9.78. The van der Waals surface area contributed by atoms with Crippen molar-refractivity contribution in [1.82, 2.24) is 4.57 Å². The number of carbonyl (C=O) groups is 1. The predicted octanol–water partition coefficient (Wildman–Crippen LogP) is 2.20. The van der Waals surface area contributed by atoms with Gasteiger partial charge in [0, 0.05) is 23.6 Å². The Kier molecular flexibility index (Phi) is 2.69.